The summed E-state index contributed by atoms with van der Waals surface area (Å²) in [6.45, 7) is 3.15. The first-order chi connectivity index (χ1) is 14.2. The van der Waals surface area contributed by atoms with Gasteiger partial charge >= 0.3 is 0 Å². The van der Waals surface area contributed by atoms with Crippen LogP contribution in [0.4, 0.5) is 5.95 Å². The van der Waals surface area contributed by atoms with Crippen LogP contribution in [0.25, 0.3) is 11.3 Å². The molecular formula is C21H24N4O4. The summed E-state index contributed by atoms with van der Waals surface area (Å²) in [5.74, 6) is 2.64. The first kappa shape index (κ1) is 19.2. The minimum Gasteiger partial charge on any atom is -0.497 e. The molecule has 0 amide bonds. The number of hydrogen-bond donors (Lipinski definition) is 1. The first-order valence-corrected chi connectivity index (χ1v) is 9.54. The molecule has 2 aromatic heterocycles. The van der Waals surface area contributed by atoms with E-state index in [1.54, 1.807) is 20.4 Å². The van der Waals surface area contributed by atoms with Gasteiger partial charge in [0.05, 0.1) is 31.2 Å². The lowest BCUT2D eigenvalue weighted by molar-refractivity contribution is 0.109. The Labute approximate surface area is 169 Å². The van der Waals surface area contributed by atoms with E-state index in [1.165, 1.54) is 0 Å². The van der Waals surface area contributed by atoms with Crippen molar-refractivity contribution in [3.05, 3.63) is 47.4 Å². The normalized spacial score (nSPS) is 16.0. The average Bonchev–Trinajstić information content (AvgIpc) is 3.43. The van der Waals surface area contributed by atoms with Crippen molar-refractivity contribution in [2.45, 2.75) is 32.4 Å². The van der Waals surface area contributed by atoms with Crippen LogP contribution in [0, 0.1) is 6.92 Å². The summed E-state index contributed by atoms with van der Waals surface area (Å²) in [7, 11) is 3.26. The van der Waals surface area contributed by atoms with Crippen LogP contribution < -0.4 is 14.8 Å². The lowest BCUT2D eigenvalue weighted by Crippen LogP contribution is -2.09. The Morgan fingerprint density at radius 2 is 1.93 bits per heavy atom. The maximum absolute atomic E-state index is 5.87. The molecule has 1 aliphatic rings. The summed E-state index contributed by atoms with van der Waals surface area (Å²) in [6.07, 6.45) is 3.62. The fourth-order valence-electron chi connectivity index (χ4n) is 3.35. The van der Waals surface area contributed by atoms with E-state index in [2.05, 4.69) is 15.5 Å². The van der Waals surface area contributed by atoms with Gasteiger partial charge in [-0.3, -0.25) is 0 Å². The second kappa shape index (κ2) is 8.48. The standard InChI is InChI=1S/C21H24N4O4/c1-13-7-19(29-25-13)17-12-23-21(24-20(17)18-5-4-6-28-18)22-11-14-8-15(26-2)10-16(9-14)27-3/h7-10,12,18H,4-6,11H2,1-3H3,(H,22,23,24)/t18-/m0/s1. The molecule has 0 bridgehead atoms. The Morgan fingerprint density at radius 3 is 2.55 bits per heavy atom. The topological polar surface area (TPSA) is 91.5 Å². The monoisotopic (exact) mass is 396 g/mol. The van der Waals surface area contributed by atoms with Gasteiger partial charge in [-0.2, -0.15) is 0 Å². The molecule has 0 aliphatic carbocycles. The van der Waals surface area contributed by atoms with E-state index in [9.17, 15) is 0 Å². The van der Waals surface area contributed by atoms with Crippen molar-refractivity contribution < 1.29 is 18.7 Å². The lowest BCUT2D eigenvalue weighted by atomic mass is 10.1. The van der Waals surface area contributed by atoms with Crippen LogP contribution in [0.1, 0.15) is 35.9 Å². The van der Waals surface area contributed by atoms with E-state index >= 15 is 0 Å². The Balaban J connectivity index is 1.59. The number of nitrogens with zero attached hydrogens (tertiary/aromatic N) is 3. The fourth-order valence-corrected chi connectivity index (χ4v) is 3.35. The zero-order valence-electron chi connectivity index (χ0n) is 16.8. The van der Waals surface area contributed by atoms with E-state index in [0.717, 1.165) is 53.5 Å². The third-order valence-electron chi connectivity index (χ3n) is 4.81. The molecule has 1 atom stereocenters. The summed E-state index contributed by atoms with van der Waals surface area (Å²) in [4.78, 5) is 9.21. The van der Waals surface area contributed by atoms with Crippen LogP contribution in [0.5, 0.6) is 11.5 Å². The third-order valence-corrected chi connectivity index (χ3v) is 4.81. The van der Waals surface area contributed by atoms with Crippen molar-refractivity contribution in [2.75, 3.05) is 26.1 Å². The third kappa shape index (κ3) is 4.32. The molecule has 0 spiro atoms. The molecular weight excluding hydrogens is 372 g/mol. The van der Waals surface area contributed by atoms with E-state index in [0.29, 0.717) is 18.3 Å². The Morgan fingerprint density at radius 1 is 1.14 bits per heavy atom. The molecule has 152 valence electrons. The minimum atomic E-state index is -0.0733. The molecule has 1 saturated heterocycles. The van der Waals surface area contributed by atoms with Crippen molar-refractivity contribution in [3.63, 3.8) is 0 Å². The molecule has 0 radical (unpaired) electrons. The first-order valence-electron chi connectivity index (χ1n) is 9.54. The number of benzene rings is 1. The minimum absolute atomic E-state index is 0.0733. The predicted octanol–water partition coefficient (Wildman–Crippen LogP) is 3.92. The molecule has 1 fully saturated rings. The van der Waals surface area contributed by atoms with Gasteiger partial charge in [-0.1, -0.05) is 5.16 Å². The summed E-state index contributed by atoms with van der Waals surface area (Å²) in [5, 5.41) is 7.26. The van der Waals surface area contributed by atoms with Crippen LogP contribution in [0.3, 0.4) is 0 Å². The largest absolute Gasteiger partial charge is 0.497 e. The number of methoxy groups -OCH3 is 2. The number of aromatic nitrogens is 3. The Kier molecular flexibility index (Phi) is 5.62. The molecule has 1 aromatic carbocycles. The van der Waals surface area contributed by atoms with Gasteiger partial charge in [-0.05, 0) is 37.5 Å². The highest BCUT2D eigenvalue weighted by Gasteiger charge is 2.25. The zero-order valence-corrected chi connectivity index (χ0v) is 16.8. The van der Waals surface area contributed by atoms with Gasteiger partial charge in [-0.15, -0.1) is 0 Å². The molecule has 4 rings (SSSR count). The van der Waals surface area contributed by atoms with Crippen LogP contribution >= 0.6 is 0 Å². The molecule has 8 heteroatoms. The van der Waals surface area contributed by atoms with Crippen LogP contribution in [0.15, 0.2) is 35.0 Å². The summed E-state index contributed by atoms with van der Waals surface area (Å²) < 4.78 is 22.0. The second-order valence-corrected chi connectivity index (χ2v) is 6.90. The summed E-state index contributed by atoms with van der Waals surface area (Å²) >= 11 is 0. The van der Waals surface area contributed by atoms with E-state index < -0.39 is 0 Å². The molecule has 0 saturated carbocycles. The maximum atomic E-state index is 5.87. The molecule has 29 heavy (non-hydrogen) atoms. The van der Waals surface area contributed by atoms with E-state index in [-0.39, 0.29) is 6.10 Å². The Bertz CT molecular complexity index is 960. The number of rotatable bonds is 7. The molecule has 1 aliphatic heterocycles. The zero-order chi connectivity index (χ0) is 20.2. The van der Waals surface area contributed by atoms with Crippen LogP contribution in [-0.4, -0.2) is 36.0 Å². The van der Waals surface area contributed by atoms with Crippen molar-refractivity contribution in [1.29, 1.82) is 0 Å². The SMILES string of the molecule is COc1cc(CNc2ncc(-c3cc(C)no3)c([C@@H]3CCCO3)n2)cc(OC)c1. The highest BCUT2D eigenvalue weighted by molar-refractivity contribution is 5.61. The smallest absolute Gasteiger partial charge is 0.223 e. The quantitative estimate of drug-likeness (QED) is 0.642. The molecule has 1 N–H and O–H groups in total. The highest BCUT2D eigenvalue weighted by atomic mass is 16.5. The average molecular weight is 396 g/mol. The summed E-state index contributed by atoms with van der Waals surface area (Å²) in [6, 6.07) is 7.61. The number of anilines is 1. The summed E-state index contributed by atoms with van der Waals surface area (Å²) in [5.41, 5.74) is 3.44. The van der Waals surface area contributed by atoms with Gasteiger partial charge in [0.1, 0.15) is 17.6 Å². The molecule has 3 aromatic rings. The van der Waals surface area contributed by atoms with Gasteiger partial charge in [-0.25, -0.2) is 9.97 Å². The number of ether oxygens (including phenoxy) is 3. The molecule has 0 unspecified atom stereocenters. The van der Waals surface area contributed by atoms with E-state index in [1.807, 2.05) is 31.2 Å². The van der Waals surface area contributed by atoms with Crippen molar-refractivity contribution >= 4 is 5.95 Å². The number of nitrogens with one attached hydrogen (secondary N) is 1. The molecule has 3 heterocycles. The number of hydrogen-bond acceptors (Lipinski definition) is 8. The number of aryl methyl sites for hydroxylation is 1. The van der Waals surface area contributed by atoms with Gasteiger partial charge in [0, 0.05) is 31.5 Å². The van der Waals surface area contributed by atoms with Gasteiger partial charge in [0.15, 0.2) is 5.76 Å². The van der Waals surface area contributed by atoms with Crippen molar-refractivity contribution in [3.8, 4) is 22.8 Å². The Hall–Kier alpha value is -3.13. The predicted molar refractivity (Wildman–Crippen MR) is 107 cm³/mol. The van der Waals surface area contributed by atoms with Gasteiger partial charge in [0.25, 0.3) is 0 Å². The second-order valence-electron chi connectivity index (χ2n) is 6.90. The highest BCUT2D eigenvalue weighted by Crippen LogP contribution is 2.35. The van der Waals surface area contributed by atoms with Gasteiger partial charge < -0.3 is 24.1 Å². The van der Waals surface area contributed by atoms with Crippen molar-refractivity contribution in [1.82, 2.24) is 15.1 Å². The lowest BCUT2D eigenvalue weighted by Gasteiger charge is -2.14. The van der Waals surface area contributed by atoms with Crippen molar-refractivity contribution in [2.24, 2.45) is 0 Å². The van der Waals surface area contributed by atoms with Crippen LogP contribution in [0.2, 0.25) is 0 Å². The van der Waals surface area contributed by atoms with E-state index in [4.69, 9.17) is 23.7 Å². The van der Waals surface area contributed by atoms with Crippen LogP contribution in [-0.2, 0) is 11.3 Å². The van der Waals surface area contributed by atoms with Gasteiger partial charge in [0.2, 0.25) is 5.95 Å². The fraction of sp³-hybridized carbons (Fsp3) is 0.381. The maximum Gasteiger partial charge on any atom is 0.223 e. The molecule has 8 nitrogen and oxygen atoms in total.